The van der Waals surface area contributed by atoms with Crippen molar-refractivity contribution in [2.45, 2.75) is 35.9 Å². The minimum absolute atomic E-state index is 0.0449. The first kappa shape index (κ1) is 28.5. The van der Waals surface area contributed by atoms with E-state index in [4.69, 9.17) is 15.0 Å². The molecule has 8 nitrogen and oxygen atoms in total. The van der Waals surface area contributed by atoms with E-state index in [1.54, 1.807) is 12.1 Å². The van der Waals surface area contributed by atoms with Gasteiger partial charge < -0.3 is 15.1 Å². The highest BCUT2D eigenvalue weighted by Gasteiger charge is 2.38. The van der Waals surface area contributed by atoms with Gasteiger partial charge in [0.05, 0.1) is 4.90 Å². The second kappa shape index (κ2) is 12.3. The lowest BCUT2D eigenvalue weighted by Gasteiger charge is -2.34. The zero-order valence-corrected chi connectivity index (χ0v) is 20.1. The summed E-state index contributed by atoms with van der Waals surface area (Å²) in [4.78, 5) is 22.2. The van der Waals surface area contributed by atoms with Crippen molar-refractivity contribution in [2.75, 3.05) is 23.7 Å². The molecule has 3 N–H and O–H groups in total. The largest absolute Gasteiger partial charge is 0.490 e. The van der Waals surface area contributed by atoms with E-state index >= 15 is 0 Å². The van der Waals surface area contributed by atoms with Crippen LogP contribution in [-0.2, 0) is 19.6 Å². The number of halogens is 3. The summed E-state index contributed by atoms with van der Waals surface area (Å²) >= 11 is 3.88. The molecule has 0 aromatic heterocycles. The summed E-state index contributed by atoms with van der Waals surface area (Å²) in [6, 6.07) is 15.8. The van der Waals surface area contributed by atoms with Gasteiger partial charge in [0.2, 0.25) is 10.0 Å². The number of carbonyl (C=O) groups is 2. The van der Waals surface area contributed by atoms with Crippen LogP contribution in [0.3, 0.4) is 0 Å². The van der Waals surface area contributed by atoms with Crippen LogP contribution in [0.5, 0.6) is 0 Å². The predicted molar refractivity (Wildman–Crippen MR) is 126 cm³/mol. The number of aliphatic carboxylic acids is 2. The number of alkyl halides is 3. The van der Waals surface area contributed by atoms with Crippen LogP contribution in [0.15, 0.2) is 59.5 Å². The van der Waals surface area contributed by atoms with E-state index in [0.29, 0.717) is 5.92 Å². The van der Waals surface area contributed by atoms with Crippen molar-refractivity contribution >= 4 is 40.3 Å². The lowest BCUT2D eigenvalue weighted by molar-refractivity contribution is -0.192. The molecule has 0 unspecified atom stereocenters. The van der Waals surface area contributed by atoms with E-state index in [-0.39, 0.29) is 10.6 Å². The van der Waals surface area contributed by atoms with Gasteiger partial charge in [0.25, 0.3) is 0 Å². The molecule has 0 bridgehead atoms. The molecule has 1 saturated heterocycles. The van der Waals surface area contributed by atoms with E-state index in [9.17, 15) is 26.4 Å². The second-order valence-corrected chi connectivity index (χ2v) is 9.74. The summed E-state index contributed by atoms with van der Waals surface area (Å²) in [5.41, 5.74) is 2.33. The first-order valence-corrected chi connectivity index (χ1v) is 12.5. The molecule has 1 fully saturated rings. The molecular weight excluding hydrogens is 509 g/mol. The fourth-order valence-corrected chi connectivity index (χ4v) is 5.01. The Hall–Kier alpha value is -2.77. The molecule has 0 aliphatic carbocycles. The van der Waals surface area contributed by atoms with Crippen LogP contribution in [0.4, 0.5) is 18.9 Å². The monoisotopic (exact) mass is 534 g/mol. The molecular formula is C22H25F3N2O6S2. The Balaban J connectivity index is 0.000000540. The summed E-state index contributed by atoms with van der Waals surface area (Å²) in [6.45, 7) is 1.81. The molecule has 192 valence electrons. The van der Waals surface area contributed by atoms with Crippen LogP contribution in [0.1, 0.15) is 24.3 Å². The average Bonchev–Trinajstić information content (AvgIpc) is 2.83. The molecule has 3 rings (SSSR count). The number of benzene rings is 2. The highest BCUT2D eigenvalue weighted by Crippen LogP contribution is 2.30. The van der Waals surface area contributed by atoms with Crippen LogP contribution < -0.4 is 9.62 Å². The van der Waals surface area contributed by atoms with Gasteiger partial charge >= 0.3 is 18.1 Å². The fourth-order valence-electron chi connectivity index (χ4n) is 3.45. The van der Waals surface area contributed by atoms with Gasteiger partial charge in [-0.15, -0.1) is 0 Å². The third-order valence-corrected chi connectivity index (χ3v) is 7.15. The van der Waals surface area contributed by atoms with Gasteiger partial charge in [0.1, 0.15) is 6.04 Å². The van der Waals surface area contributed by atoms with E-state index < -0.39 is 34.2 Å². The van der Waals surface area contributed by atoms with Gasteiger partial charge in [-0.1, -0.05) is 30.3 Å². The third-order valence-electron chi connectivity index (χ3n) is 5.30. The standard InChI is InChI=1S/C20H24N2O4S2.C2HF3O2/c23-20(24)19(14-27)21-28(25,26)18-8-6-17(7-9-18)22-12-10-16(11-13-22)15-4-2-1-3-5-15;3-2(4,5)1(6)7/h1-9,16,19,21,27H,10-14H2,(H,23,24);(H,6,7)/t19-;/m0./s1. The Bertz CT molecular complexity index is 1090. The molecule has 35 heavy (non-hydrogen) atoms. The van der Waals surface area contributed by atoms with E-state index in [1.165, 1.54) is 17.7 Å². The normalized spacial score (nSPS) is 15.6. The number of rotatable bonds is 7. The molecule has 1 atom stereocenters. The van der Waals surface area contributed by atoms with Crippen molar-refractivity contribution in [1.29, 1.82) is 0 Å². The summed E-state index contributed by atoms with van der Waals surface area (Å²) < 4.78 is 58.6. The lowest BCUT2D eigenvalue weighted by atomic mass is 9.89. The van der Waals surface area contributed by atoms with Crippen LogP contribution in [0.25, 0.3) is 0 Å². The van der Waals surface area contributed by atoms with Crippen molar-refractivity contribution in [3.63, 3.8) is 0 Å². The van der Waals surface area contributed by atoms with E-state index in [2.05, 4.69) is 46.5 Å². The number of sulfonamides is 1. The van der Waals surface area contributed by atoms with Crippen LogP contribution >= 0.6 is 12.6 Å². The minimum Gasteiger partial charge on any atom is -0.480 e. The Morgan fingerprint density at radius 2 is 1.54 bits per heavy atom. The summed E-state index contributed by atoms with van der Waals surface area (Å²) in [5, 5.41) is 16.1. The van der Waals surface area contributed by atoms with Crippen molar-refractivity contribution < 1.29 is 41.4 Å². The molecule has 0 radical (unpaired) electrons. The maximum atomic E-state index is 12.4. The number of nitrogens with one attached hydrogen (secondary N) is 1. The van der Waals surface area contributed by atoms with Crippen molar-refractivity contribution in [2.24, 2.45) is 0 Å². The molecule has 1 aliphatic rings. The van der Waals surface area contributed by atoms with Crippen LogP contribution in [0.2, 0.25) is 0 Å². The number of thiol groups is 1. The number of anilines is 1. The molecule has 1 heterocycles. The van der Waals surface area contributed by atoms with Crippen molar-refractivity contribution in [1.82, 2.24) is 4.72 Å². The van der Waals surface area contributed by atoms with Gasteiger partial charge in [-0.05, 0) is 48.6 Å². The molecule has 13 heteroatoms. The molecule has 1 aliphatic heterocycles. The van der Waals surface area contributed by atoms with Crippen molar-refractivity contribution in [3.8, 4) is 0 Å². The van der Waals surface area contributed by atoms with Crippen LogP contribution in [-0.4, -0.2) is 61.6 Å². The number of piperidine rings is 1. The predicted octanol–water partition coefficient (Wildman–Crippen LogP) is 3.37. The quantitative estimate of drug-likeness (QED) is 0.402. The average molecular weight is 535 g/mol. The highest BCUT2D eigenvalue weighted by molar-refractivity contribution is 7.89. The Morgan fingerprint density at radius 3 is 1.97 bits per heavy atom. The smallest absolute Gasteiger partial charge is 0.480 e. The number of carboxylic acids is 2. The minimum atomic E-state index is -5.08. The molecule has 0 spiro atoms. The van der Waals surface area contributed by atoms with Crippen LogP contribution in [0, 0.1) is 0 Å². The van der Waals surface area contributed by atoms with Gasteiger partial charge in [-0.3, -0.25) is 4.79 Å². The first-order chi connectivity index (χ1) is 16.3. The van der Waals surface area contributed by atoms with E-state index in [1.807, 2.05) is 6.07 Å². The fraction of sp³-hybridized carbons (Fsp3) is 0.364. The topological polar surface area (TPSA) is 124 Å². The Kier molecular flexibility index (Phi) is 9.98. The molecule has 2 aromatic carbocycles. The SMILES string of the molecule is O=C(O)C(F)(F)F.O=C(O)[C@H](CS)NS(=O)(=O)c1ccc(N2CCC(c3ccccc3)CC2)cc1. The first-order valence-electron chi connectivity index (χ1n) is 10.4. The maximum absolute atomic E-state index is 12.4. The molecule has 0 amide bonds. The number of hydrogen-bond acceptors (Lipinski definition) is 6. The van der Waals surface area contributed by atoms with E-state index in [0.717, 1.165) is 31.6 Å². The van der Waals surface area contributed by atoms with Gasteiger partial charge in [-0.2, -0.15) is 30.5 Å². The maximum Gasteiger partial charge on any atom is 0.490 e. The molecule has 0 saturated carbocycles. The van der Waals surface area contributed by atoms with Gasteiger partial charge in [0, 0.05) is 24.5 Å². The molecule has 2 aromatic rings. The third kappa shape index (κ3) is 8.44. The Labute approximate surface area is 206 Å². The van der Waals surface area contributed by atoms with Gasteiger partial charge in [-0.25, -0.2) is 13.2 Å². The summed E-state index contributed by atoms with van der Waals surface area (Å²) in [6.07, 6.45) is -2.98. The number of nitrogens with zero attached hydrogens (tertiary/aromatic N) is 1. The highest BCUT2D eigenvalue weighted by atomic mass is 32.2. The zero-order chi connectivity index (χ0) is 26.2. The second-order valence-electron chi connectivity index (χ2n) is 7.66. The zero-order valence-electron chi connectivity index (χ0n) is 18.4. The summed E-state index contributed by atoms with van der Waals surface area (Å²) in [5.74, 6) is -3.58. The van der Waals surface area contributed by atoms with Crippen molar-refractivity contribution in [3.05, 3.63) is 60.2 Å². The summed E-state index contributed by atoms with van der Waals surface area (Å²) in [7, 11) is -3.91. The number of hydrogen-bond donors (Lipinski definition) is 4. The Morgan fingerprint density at radius 1 is 1.03 bits per heavy atom. The lowest BCUT2D eigenvalue weighted by Crippen LogP contribution is -2.42. The number of carboxylic acid groups (broad SMARTS) is 2. The van der Waals surface area contributed by atoms with Gasteiger partial charge in [0.15, 0.2) is 0 Å².